The van der Waals surface area contributed by atoms with Crippen LogP contribution >= 0.6 is 0 Å². The van der Waals surface area contributed by atoms with Gasteiger partial charge < -0.3 is 25.1 Å². The number of carbonyl (C=O) groups excluding carboxylic acids is 2. The predicted molar refractivity (Wildman–Crippen MR) is 105 cm³/mol. The number of carboxylic acids is 1. The van der Waals surface area contributed by atoms with Crippen LogP contribution in [0.5, 0.6) is 0 Å². The Labute approximate surface area is 175 Å². The zero-order chi connectivity index (χ0) is 24.1. The maximum atomic E-state index is 12.4. The molecule has 0 saturated carbocycles. The van der Waals surface area contributed by atoms with Crippen molar-refractivity contribution in [2.45, 2.75) is 6.18 Å². The molecule has 0 unspecified atom stereocenters. The second kappa shape index (κ2) is 9.59. The number of aromatic amines is 2. The maximum Gasteiger partial charge on any atom is 0.490 e. The highest BCUT2D eigenvalue weighted by atomic mass is 19.4. The van der Waals surface area contributed by atoms with E-state index in [1.165, 1.54) is 18.3 Å². The molecule has 1 aromatic carbocycles. The molecule has 0 bridgehead atoms. The molecule has 13 heteroatoms. The maximum absolute atomic E-state index is 12.4. The number of carboxylic acid groups (broad SMARTS) is 1. The number of para-hydroxylation sites is 1. The van der Waals surface area contributed by atoms with Crippen molar-refractivity contribution >= 4 is 34.4 Å². The van der Waals surface area contributed by atoms with E-state index >= 15 is 0 Å². The van der Waals surface area contributed by atoms with Gasteiger partial charge in [0.05, 0.1) is 12.8 Å². The van der Waals surface area contributed by atoms with Crippen molar-refractivity contribution in [2.24, 2.45) is 0 Å². The highest BCUT2D eigenvalue weighted by molar-refractivity contribution is 6.04. The van der Waals surface area contributed by atoms with Crippen molar-refractivity contribution in [3.8, 4) is 0 Å². The van der Waals surface area contributed by atoms with Gasteiger partial charge in [0.2, 0.25) is 0 Å². The Morgan fingerprint density at radius 1 is 1.09 bits per heavy atom. The first-order chi connectivity index (χ1) is 14.9. The number of benzene rings is 1. The summed E-state index contributed by atoms with van der Waals surface area (Å²) in [5, 5.41) is 10.1. The first kappa shape index (κ1) is 23.9. The number of anilines is 1. The molecule has 0 aliphatic rings. The molecule has 1 amide bonds. The first-order valence-electron chi connectivity index (χ1n) is 8.48. The molecule has 0 radical (unpaired) electrons. The van der Waals surface area contributed by atoms with Gasteiger partial charge >= 0.3 is 18.1 Å². The van der Waals surface area contributed by atoms with Gasteiger partial charge in [-0.25, -0.2) is 9.59 Å². The Hall–Kier alpha value is -4.42. The number of fused-ring (bicyclic) bond motifs is 1. The number of halogens is 3. The van der Waals surface area contributed by atoms with Gasteiger partial charge in [-0.3, -0.25) is 14.4 Å². The lowest BCUT2D eigenvalue weighted by Crippen LogP contribution is -2.21. The van der Waals surface area contributed by atoms with E-state index in [9.17, 15) is 32.3 Å². The number of aliphatic carboxylic acids is 1. The molecule has 2 heterocycles. The number of hydrogen-bond acceptors (Lipinski definition) is 6. The summed E-state index contributed by atoms with van der Waals surface area (Å²) >= 11 is 0. The van der Waals surface area contributed by atoms with Gasteiger partial charge in [0.25, 0.3) is 11.5 Å². The molecule has 4 N–H and O–H groups in total. The zero-order valence-corrected chi connectivity index (χ0v) is 16.1. The van der Waals surface area contributed by atoms with Crippen LogP contribution in [-0.2, 0) is 9.53 Å². The number of H-pyrrole nitrogens is 2. The summed E-state index contributed by atoms with van der Waals surface area (Å²) in [7, 11) is 1.15. The fraction of sp³-hybridized carbons (Fsp3) is 0.105. The minimum Gasteiger partial charge on any atom is -0.475 e. The Bertz CT molecular complexity index is 1300. The van der Waals surface area contributed by atoms with Gasteiger partial charge in [0.1, 0.15) is 11.3 Å². The van der Waals surface area contributed by atoms with Crippen LogP contribution in [0.1, 0.15) is 20.8 Å². The molecule has 0 aliphatic heterocycles. The Balaban J connectivity index is 0.000000451. The molecule has 32 heavy (non-hydrogen) atoms. The van der Waals surface area contributed by atoms with Gasteiger partial charge in [-0.1, -0.05) is 12.1 Å². The normalized spacial score (nSPS) is 10.6. The van der Waals surface area contributed by atoms with E-state index in [-0.39, 0.29) is 22.4 Å². The van der Waals surface area contributed by atoms with Crippen LogP contribution in [0.15, 0.2) is 52.2 Å². The first-order valence-corrected chi connectivity index (χ1v) is 8.48. The largest absolute Gasteiger partial charge is 0.490 e. The Morgan fingerprint density at radius 2 is 1.72 bits per heavy atom. The van der Waals surface area contributed by atoms with Crippen molar-refractivity contribution in [3.05, 3.63) is 74.4 Å². The average molecular weight is 453 g/mol. The SMILES string of the molecule is COC(=O)c1cc(NC(=O)c2cc(=O)c3ccccc3[nH]2)c[nH]c1=O.O=C(O)C(F)(F)F. The van der Waals surface area contributed by atoms with Gasteiger partial charge in [-0.2, -0.15) is 13.2 Å². The smallest absolute Gasteiger partial charge is 0.475 e. The van der Waals surface area contributed by atoms with Crippen LogP contribution < -0.4 is 16.3 Å². The van der Waals surface area contributed by atoms with Crippen molar-refractivity contribution in [2.75, 3.05) is 12.4 Å². The molecule has 0 fully saturated rings. The number of amides is 1. The molecule has 0 atom stereocenters. The van der Waals surface area contributed by atoms with E-state index in [0.29, 0.717) is 10.9 Å². The van der Waals surface area contributed by atoms with Crippen LogP contribution in [0.2, 0.25) is 0 Å². The highest BCUT2D eigenvalue weighted by Crippen LogP contribution is 2.13. The van der Waals surface area contributed by atoms with Crippen molar-refractivity contribution < 1.29 is 37.4 Å². The minimum absolute atomic E-state index is 0.0505. The van der Waals surface area contributed by atoms with Crippen molar-refractivity contribution in [1.82, 2.24) is 9.97 Å². The predicted octanol–water partition coefficient (Wildman–Crippen LogP) is 1.89. The lowest BCUT2D eigenvalue weighted by molar-refractivity contribution is -0.192. The van der Waals surface area contributed by atoms with Crippen molar-refractivity contribution in [1.29, 1.82) is 0 Å². The second-order valence-corrected chi connectivity index (χ2v) is 5.97. The van der Waals surface area contributed by atoms with E-state index in [0.717, 1.165) is 7.11 Å². The van der Waals surface area contributed by atoms with Gasteiger partial charge in [-0.15, -0.1) is 0 Å². The molecular weight excluding hydrogens is 439 g/mol. The molecule has 0 aliphatic carbocycles. The van der Waals surface area contributed by atoms with E-state index < -0.39 is 29.6 Å². The third-order valence-electron chi connectivity index (χ3n) is 3.79. The molecule has 3 rings (SSSR count). The summed E-state index contributed by atoms with van der Waals surface area (Å²) in [4.78, 5) is 61.7. The molecule has 0 saturated heterocycles. The second-order valence-electron chi connectivity index (χ2n) is 5.97. The lowest BCUT2D eigenvalue weighted by atomic mass is 10.2. The third kappa shape index (κ3) is 5.81. The summed E-state index contributed by atoms with van der Waals surface area (Å²) in [6.45, 7) is 0. The number of nitrogens with one attached hydrogen (secondary N) is 3. The fourth-order valence-electron chi connectivity index (χ4n) is 2.34. The van der Waals surface area contributed by atoms with E-state index in [2.05, 4.69) is 20.0 Å². The summed E-state index contributed by atoms with van der Waals surface area (Å²) in [6.07, 6.45) is -3.84. The van der Waals surface area contributed by atoms with E-state index in [4.69, 9.17) is 9.90 Å². The molecule has 3 aromatic rings. The average Bonchev–Trinajstić information content (AvgIpc) is 2.74. The number of esters is 1. The third-order valence-corrected chi connectivity index (χ3v) is 3.79. The van der Waals surface area contributed by atoms with Crippen molar-refractivity contribution in [3.63, 3.8) is 0 Å². The quantitative estimate of drug-likeness (QED) is 0.441. The number of rotatable bonds is 3. The number of alkyl halides is 3. The minimum atomic E-state index is -5.08. The molecule has 10 nitrogen and oxygen atoms in total. The van der Waals surface area contributed by atoms with Gasteiger partial charge in [0, 0.05) is 23.2 Å². The zero-order valence-electron chi connectivity index (χ0n) is 16.1. The summed E-state index contributed by atoms with van der Waals surface area (Å²) < 4.78 is 36.2. The highest BCUT2D eigenvalue weighted by Gasteiger charge is 2.38. The fourth-order valence-corrected chi connectivity index (χ4v) is 2.34. The van der Waals surface area contributed by atoms with Crippen LogP contribution in [0.4, 0.5) is 18.9 Å². The van der Waals surface area contributed by atoms with E-state index in [1.54, 1.807) is 24.3 Å². The number of carbonyl (C=O) groups is 3. The monoisotopic (exact) mass is 453 g/mol. The number of hydrogen-bond donors (Lipinski definition) is 4. The standard InChI is InChI=1S/C17H13N3O5.C2HF3O2/c1-25-17(24)11-6-9(8-18-15(11)22)19-16(23)13-7-14(21)10-4-2-3-5-12(10)20-13;3-2(4,5)1(6)7/h2-8H,1H3,(H,18,22)(H,19,23)(H,20,21);(H,6,7). The summed E-state index contributed by atoms with van der Waals surface area (Å²) in [6, 6.07) is 9.19. The molecule has 2 aromatic heterocycles. The summed E-state index contributed by atoms with van der Waals surface area (Å²) in [5.74, 6) is -4.17. The van der Waals surface area contributed by atoms with Crippen LogP contribution in [0.25, 0.3) is 10.9 Å². The van der Waals surface area contributed by atoms with Crippen LogP contribution in [0.3, 0.4) is 0 Å². The van der Waals surface area contributed by atoms with E-state index in [1.807, 2.05) is 0 Å². The number of ether oxygens (including phenoxy) is 1. The van der Waals surface area contributed by atoms with Gasteiger partial charge in [-0.05, 0) is 18.2 Å². The number of aromatic nitrogens is 2. The number of pyridine rings is 2. The molecular formula is C19H14F3N3O7. The molecule has 0 spiro atoms. The molecule has 168 valence electrons. The van der Waals surface area contributed by atoms with Crippen LogP contribution in [-0.4, -0.2) is 46.2 Å². The Kier molecular flexibility index (Phi) is 7.15. The summed E-state index contributed by atoms with van der Waals surface area (Å²) in [5.41, 5.74) is -0.419. The Morgan fingerprint density at radius 3 is 2.31 bits per heavy atom. The topological polar surface area (TPSA) is 158 Å². The number of methoxy groups -OCH3 is 1. The lowest BCUT2D eigenvalue weighted by Gasteiger charge is -2.07. The van der Waals surface area contributed by atoms with Crippen LogP contribution in [0, 0.1) is 0 Å². The van der Waals surface area contributed by atoms with Gasteiger partial charge in [0.15, 0.2) is 5.43 Å².